The molecule has 0 radical (unpaired) electrons. The molecule has 58 valence electrons. The van der Waals surface area contributed by atoms with Crippen LogP contribution in [0, 0.1) is 0 Å². The second kappa shape index (κ2) is 3.66. The average molecular weight is 281 g/mol. The molecule has 0 aromatic carbocycles. The fraction of sp³-hybridized carbons (Fsp3) is 0. The predicted octanol–water partition coefficient (Wildman–Crippen LogP) is 0.286. The van der Waals surface area contributed by atoms with Gasteiger partial charge in [0.05, 0.1) is 4.47 Å². The Labute approximate surface area is 80.9 Å². The van der Waals surface area contributed by atoms with E-state index >= 15 is 0 Å². The van der Waals surface area contributed by atoms with Gasteiger partial charge in [0.15, 0.2) is 0 Å². The van der Waals surface area contributed by atoms with E-state index in [0.717, 1.165) is 0 Å². The SMILES string of the molecule is OB(O)c1ccnc(Br)c1Br. The largest absolute Gasteiger partial charge is 0.489 e. The number of halogens is 2. The van der Waals surface area contributed by atoms with Gasteiger partial charge in [-0.1, -0.05) is 0 Å². The van der Waals surface area contributed by atoms with Gasteiger partial charge in [-0.15, -0.1) is 0 Å². The molecule has 0 spiro atoms. The molecule has 0 aliphatic heterocycles. The molecule has 0 fully saturated rings. The molecule has 0 saturated carbocycles. The quantitative estimate of drug-likeness (QED) is 0.574. The topological polar surface area (TPSA) is 53.4 Å². The Balaban J connectivity index is 3.17. The summed E-state index contributed by atoms with van der Waals surface area (Å²) < 4.78 is 1.12. The van der Waals surface area contributed by atoms with E-state index in [1.165, 1.54) is 12.3 Å². The monoisotopic (exact) mass is 279 g/mol. The van der Waals surface area contributed by atoms with Crippen molar-refractivity contribution in [3.8, 4) is 0 Å². The summed E-state index contributed by atoms with van der Waals surface area (Å²) in [5, 5.41) is 17.6. The van der Waals surface area contributed by atoms with E-state index < -0.39 is 7.12 Å². The van der Waals surface area contributed by atoms with Crippen LogP contribution < -0.4 is 5.46 Å². The van der Waals surface area contributed by atoms with Crippen LogP contribution in [0.2, 0.25) is 0 Å². The summed E-state index contributed by atoms with van der Waals surface area (Å²) in [5.41, 5.74) is 0.395. The highest BCUT2D eigenvalue weighted by molar-refractivity contribution is 9.13. The molecule has 0 aliphatic rings. The maximum Gasteiger partial charge on any atom is 0.489 e. The van der Waals surface area contributed by atoms with Gasteiger partial charge in [0.25, 0.3) is 0 Å². The number of hydrogen-bond donors (Lipinski definition) is 2. The second-order valence-electron chi connectivity index (χ2n) is 1.88. The van der Waals surface area contributed by atoms with Gasteiger partial charge >= 0.3 is 7.12 Å². The number of rotatable bonds is 1. The summed E-state index contributed by atoms with van der Waals surface area (Å²) in [4.78, 5) is 3.87. The van der Waals surface area contributed by atoms with E-state index in [1.807, 2.05) is 0 Å². The first kappa shape index (κ1) is 9.19. The first-order valence-electron chi connectivity index (χ1n) is 2.79. The molecule has 1 rings (SSSR count). The van der Waals surface area contributed by atoms with Crippen LogP contribution in [-0.2, 0) is 0 Å². The molecule has 0 amide bonds. The van der Waals surface area contributed by atoms with Crippen molar-refractivity contribution < 1.29 is 10.0 Å². The Morgan fingerprint density at radius 3 is 2.45 bits per heavy atom. The zero-order chi connectivity index (χ0) is 8.43. The highest BCUT2D eigenvalue weighted by Gasteiger charge is 2.16. The van der Waals surface area contributed by atoms with Gasteiger partial charge in [-0.2, -0.15) is 0 Å². The van der Waals surface area contributed by atoms with Gasteiger partial charge in [0.2, 0.25) is 0 Å². The molecule has 0 atom stereocenters. The van der Waals surface area contributed by atoms with Crippen molar-refractivity contribution >= 4 is 44.4 Å². The summed E-state index contributed by atoms with van der Waals surface area (Å²) in [6, 6.07) is 1.53. The van der Waals surface area contributed by atoms with Crippen molar-refractivity contribution in [1.82, 2.24) is 4.98 Å². The normalized spacial score (nSPS) is 9.82. The van der Waals surface area contributed by atoms with Gasteiger partial charge in [-0.3, -0.25) is 0 Å². The van der Waals surface area contributed by atoms with Crippen molar-refractivity contribution in [3.63, 3.8) is 0 Å². The highest BCUT2D eigenvalue weighted by atomic mass is 79.9. The van der Waals surface area contributed by atoms with Gasteiger partial charge < -0.3 is 10.0 Å². The number of aromatic nitrogens is 1. The molecule has 0 aliphatic carbocycles. The summed E-state index contributed by atoms with van der Waals surface area (Å²) >= 11 is 6.29. The number of pyridine rings is 1. The molecule has 1 heterocycles. The Hall–Kier alpha value is 0.0949. The van der Waals surface area contributed by atoms with Crippen LogP contribution in [0.1, 0.15) is 0 Å². The molecule has 0 saturated heterocycles. The molecular formula is C5H4BBr2NO2. The minimum Gasteiger partial charge on any atom is -0.423 e. The molecule has 6 heteroatoms. The molecular weight excluding hydrogens is 277 g/mol. The third-order valence-electron chi connectivity index (χ3n) is 1.15. The van der Waals surface area contributed by atoms with Crippen LogP contribution in [0.15, 0.2) is 21.3 Å². The van der Waals surface area contributed by atoms with Crippen molar-refractivity contribution in [3.05, 3.63) is 21.3 Å². The van der Waals surface area contributed by atoms with Gasteiger partial charge in [0.1, 0.15) is 4.60 Å². The lowest BCUT2D eigenvalue weighted by Crippen LogP contribution is -2.31. The van der Waals surface area contributed by atoms with E-state index in [2.05, 4.69) is 36.8 Å². The molecule has 11 heavy (non-hydrogen) atoms. The fourth-order valence-electron chi connectivity index (χ4n) is 0.631. The zero-order valence-electron chi connectivity index (χ0n) is 5.33. The minimum absolute atomic E-state index is 0.395. The third-order valence-corrected chi connectivity index (χ3v) is 3.12. The van der Waals surface area contributed by atoms with E-state index in [9.17, 15) is 0 Å². The summed E-state index contributed by atoms with van der Waals surface area (Å²) in [7, 11) is -1.47. The molecule has 0 bridgehead atoms. The molecule has 1 aromatic rings. The lowest BCUT2D eigenvalue weighted by Gasteiger charge is -2.02. The Morgan fingerprint density at radius 1 is 1.36 bits per heavy atom. The Bertz CT molecular complexity index is 269. The van der Waals surface area contributed by atoms with Crippen molar-refractivity contribution in [2.45, 2.75) is 0 Å². The predicted molar refractivity (Wildman–Crippen MR) is 49.5 cm³/mol. The molecule has 0 unspecified atom stereocenters. The van der Waals surface area contributed by atoms with Crippen molar-refractivity contribution in [2.24, 2.45) is 0 Å². The maximum atomic E-state index is 8.81. The average Bonchev–Trinajstić information content (AvgIpc) is 1.94. The summed E-state index contributed by atoms with van der Waals surface area (Å²) in [5.74, 6) is 0. The summed E-state index contributed by atoms with van der Waals surface area (Å²) in [6.07, 6.45) is 1.49. The highest BCUT2D eigenvalue weighted by Crippen LogP contribution is 2.17. The van der Waals surface area contributed by atoms with Crippen LogP contribution in [0.5, 0.6) is 0 Å². The van der Waals surface area contributed by atoms with Gasteiger partial charge in [0, 0.05) is 11.7 Å². The van der Waals surface area contributed by atoms with Crippen LogP contribution in [0.25, 0.3) is 0 Å². The van der Waals surface area contributed by atoms with Crippen LogP contribution in [0.3, 0.4) is 0 Å². The fourth-order valence-corrected chi connectivity index (χ4v) is 1.42. The first-order chi connectivity index (χ1) is 5.13. The van der Waals surface area contributed by atoms with Crippen LogP contribution >= 0.6 is 31.9 Å². The Morgan fingerprint density at radius 2 is 2.00 bits per heavy atom. The van der Waals surface area contributed by atoms with Crippen molar-refractivity contribution in [1.29, 1.82) is 0 Å². The first-order valence-corrected chi connectivity index (χ1v) is 4.37. The maximum absolute atomic E-state index is 8.81. The number of nitrogens with zero attached hydrogens (tertiary/aromatic N) is 1. The van der Waals surface area contributed by atoms with Crippen molar-refractivity contribution in [2.75, 3.05) is 0 Å². The van der Waals surface area contributed by atoms with E-state index in [0.29, 0.717) is 14.5 Å². The van der Waals surface area contributed by atoms with Crippen LogP contribution in [0.4, 0.5) is 0 Å². The van der Waals surface area contributed by atoms with Gasteiger partial charge in [-0.05, 0) is 37.9 Å². The zero-order valence-corrected chi connectivity index (χ0v) is 8.50. The third kappa shape index (κ3) is 2.02. The smallest absolute Gasteiger partial charge is 0.423 e. The van der Waals surface area contributed by atoms with E-state index in [1.54, 1.807) is 0 Å². The second-order valence-corrected chi connectivity index (χ2v) is 3.42. The van der Waals surface area contributed by atoms with E-state index in [4.69, 9.17) is 10.0 Å². The standard InChI is InChI=1S/C5H4BBr2NO2/c7-4-3(6(10)11)1-2-9-5(4)8/h1-2,10-11H. The van der Waals surface area contributed by atoms with E-state index in [-0.39, 0.29) is 0 Å². The lowest BCUT2D eigenvalue weighted by atomic mass is 9.81. The Kier molecular flexibility index (Phi) is 3.06. The lowest BCUT2D eigenvalue weighted by molar-refractivity contribution is 0.425. The van der Waals surface area contributed by atoms with Crippen LogP contribution in [-0.4, -0.2) is 22.2 Å². The summed E-state index contributed by atoms with van der Waals surface area (Å²) in [6.45, 7) is 0. The molecule has 1 aromatic heterocycles. The molecule has 2 N–H and O–H groups in total. The minimum atomic E-state index is -1.47. The van der Waals surface area contributed by atoms with Gasteiger partial charge in [-0.25, -0.2) is 4.98 Å². The number of hydrogen-bond acceptors (Lipinski definition) is 3. The molecule has 3 nitrogen and oxygen atoms in total.